The van der Waals surface area contributed by atoms with Gasteiger partial charge >= 0.3 is 5.97 Å². The van der Waals surface area contributed by atoms with Gasteiger partial charge in [0.1, 0.15) is 11.8 Å². The number of nitrogens with one attached hydrogen (secondary N) is 2. The molecule has 1 aliphatic rings. The van der Waals surface area contributed by atoms with Crippen LogP contribution in [0.2, 0.25) is 10.0 Å². The fourth-order valence-corrected chi connectivity index (χ4v) is 2.86. The van der Waals surface area contributed by atoms with Crippen LogP contribution in [0.3, 0.4) is 0 Å². The highest BCUT2D eigenvalue weighted by Gasteiger charge is 2.26. The molecule has 2 aromatic carbocycles. The summed E-state index contributed by atoms with van der Waals surface area (Å²) < 4.78 is 5.30. The van der Waals surface area contributed by atoms with Gasteiger partial charge < -0.3 is 15.4 Å². The summed E-state index contributed by atoms with van der Waals surface area (Å²) in [5.41, 5.74) is 1.21. The molecule has 1 aliphatic heterocycles. The molecule has 0 saturated carbocycles. The van der Waals surface area contributed by atoms with E-state index in [2.05, 4.69) is 10.6 Å². The average molecular weight is 395 g/mol. The van der Waals surface area contributed by atoms with Gasteiger partial charge in [0.15, 0.2) is 5.11 Å². The Morgan fingerprint density at radius 1 is 1.12 bits per heavy atom. The van der Waals surface area contributed by atoms with E-state index in [1.54, 1.807) is 24.3 Å². The normalized spacial score (nSPS) is 16.3. The van der Waals surface area contributed by atoms with E-state index in [1.165, 1.54) is 18.2 Å². The van der Waals surface area contributed by atoms with E-state index in [9.17, 15) is 9.59 Å². The summed E-state index contributed by atoms with van der Waals surface area (Å²) in [6.07, 6.45) is 0.479. The molecule has 3 rings (SSSR count). The van der Waals surface area contributed by atoms with Crippen molar-refractivity contribution in [2.45, 2.75) is 12.5 Å². The van der Waals surface area contributed by atoms with Crippen molar-refractivity contribution >= 4 is 52.4 Å². The predicted molar refractivity (Wildman–Crippen MR) is 99.2 cm³/mol. The molecule has 0 spiro atoms. The zero-order valence-corrected chi connectivity index (χ0v) is 15.0. The van der Waals surface area contributed by atoms with Crippen molar-refractivity contribution in [1.82, 2.24) is 10.6 Å². The number of benzene rings is 2. The molecule has 1 amide bonds. The number of thiocarbonyl (C=S) groups is 1. The molecule has 1 unspecified atom stereocenters. The minimum absolute atomic E-state index is 0.153. The number of halogens is 2. The monoisotopic (exact) mass is 394 g/mol. The molecule has 0 aliphatic carbocycles. The van der Waals surface area contributed by atoms with E-state index in [0.29, 0.717) is 27.9 Å². The van der Waals surface area contributed by atoms with E-state index < -0.39 is 12.0 Å². The van der Waals surface area contributed by atoms with Gasteiger partial charge in [-0.15, -0.1) is 0 Å². The van der Waals surface area contributed by atoms with Gasteiger partial charge in [-0.1, -0.05) is 35.3 Å². The molecule has 0 radical (unpaired) electrons. The Kier molecular flexibility index (Phi) is 5.22. The zero-order valence-electron chi connectivity index (χ0n) is 12.7. The second kappa shape index (κ2) is 7.39. The molecular formula is C17H12Cl2N2O3S. The maximum Gasteiger partial charge on any atom is 0.343 e. The summed E-state index contributed by atoms with van der Waals surface area (Å²) in [6.45, 7) is 0. The molecule has 1 saturated heterocycles. The minimum Gasteiger partial charge on any atom is -0.423 e. The van der Waals surface area contributed by atoms with Gasteiger partial charge in [-0.2, -0.15) is 0 Å². The highest BCUT2D eigenvalue weighted by atomic mass is 35.5. The summed E-state index contributed by atoms with van der Waals surface area (Å²) in [5, 5.41) is 6.42. The molecule has 25 heavy (non-hydrogen) atoms. The van der Waals surface area contributed by atoms with Crippen LogP contribution < -0.4 is 15.4 Å². The summed E-state index contributed by atoms with van der Waals surface area (Å²) >= 11 is 16.6. The molecule has 5 nitrogen and oxygen atoms in total. The lowest BCUT2D eigenvalue weighted by Gasteiger charge is -2.09. The van der Waals surface area contributed by atoms with E-state index in [1.807, 2.05) is 0 Å². The third kappa shape index (κ3) is 4.28. The van der Waals surface area contributed by atoms with Crippen LogP contribution in [0.4, 0.5) is 0 Å². The number of rotatable bonds is 4. The summed E-state index contributed by atoms with van der Waals surface area (Å²) in [5.74, 6) is -0.298. The molecule has 2 N–H and O–H groups in total. The highest BCUT2D eigenvalue weighted by Crippen LogP contribution is 2.23. The number of carbonyl (C=O) groups is 2. The maximum absolute atomic E-state index is 12.1. The summed E-state index contributed by atoms with van der Waals surface area (Å²) in [4.78, 5) is 23.8. The Hall–Kier alpha value is -2.15. The smallest absolute Gasteiger partial charge is 0.343 e. The van der Waals surface area contributed by atoms with Crippen LogP contribution in [-0.2, 0) is 11.2 Å². The summed E-state index contributed by atoms with van der Waals surface area (Å²) in [6, 6.07) is 11.0. The number of hydrogen-bond acceptors (Lipinski definition) is 4. The molecule has 1 fully saturated rings. The first-order chi connectivity index (χ1) is 11.9. The molecule has 2 aromatic rings. The van der Waals surface area contributed by atoms with Crippen molar-refractivity contribution in [3.8, 4) is 5.75 Å². The van der Waals surface area contributed by atoms with E-state index in [0.717, 1.165) is 5.56 Å². The molecular weight excluding hydrogens is 383 g/mol. The molecule has 128 valence electrons. The van der Waals surface area contributed by atoms with Gasteiger partial charge in [-0.25, -0.2) is 4.79 Å². The number of carbonyl (C=O) groups excluding carboxylic acids is 2. The van der Waals surface area contributed by atoms with Gasteiger partial charge in [-0.3, -0.25) is 4.79 Å². The van der Waals surface area contributed by atoms with Crippen molar-refractivity contribution in [2.75, 3.05) is 0 Å². The van der Waals surface area contributed by atoms with Crippen molar-refractivity contribution in [3.63, 3.8) is 0 Å². The lowest BCUT2D eigenvalue weighted by Crippen LogP contribution is -2.30. The van der Waals surface area contributed by atoms with Crippen molar-refractivity contribution in [1.29, 1.82) is 0 Å². The van der Waals surface area contributed by atoms with Crippen LogP contribution in [0.15, 0.2) is 42.5 Å². The van der Waals surface area contributed by atoms with E-state index in [-0.39, 0.29) is 10.9 Å². The van der Waals surface area contributed by atoms with Crippen molar-refractivity contribution in [3.05, 3.63) is 63.6 Å². The quantitative estimate of drug-likeness (QED) is 0.473. The average Bonchev–Trinajstić information content (AvgIpc) is 2.89. The zero-order chi connectivity index (χ0) is 18.0. The fourth-order valence-electron chi connectivity index (χ4n) is 2.32. The SMILES string of the molecule is O=C(Oc1ccc(CC2NC(=S)NC2=O)cc1)c1ccc(Cl)c(Cl)c1. The van der Waals surface area contributed by atoms with Crippen LogP contribution >= 0.6 is 35.4 Å². The van der Waals surface area contributed by atoms with Gasteiger partial charge in [0, 0.05) is 6.42 Å². The number of ether oxygens (including phenoxy) is 1. The van der Waals surface area contributed by atoms with Gasteiger partial charge in [0.25, 0.3) is 0 Å². The molecule has 1 atom stereocenters. The van der Waals surface area contributed by atoms with Crippen LogP contribution in [-0.4, -0.2) is 23.0 Å². The fraction of sp³-hybridized carbons (Fsp3) is 0.118. The van der Waals surface area contributed by atoms with Crippen molar-refractivity contribution < 1.29 is 14.3 Å². The Morgan fingerprint density at radius 3 is 2.44 bits per heavy atom. The first-order valence-electron chi connectivity index (χ1n) is 7.30. The first kappa shape index (κ1) is 17.7. The van der Waals surface area contributed by atoms with Gasteiger partial charge in [-0.05, 0) is 48.1 Å². The van der Waals surface area contributed by atoms with Crippen molar-refractivity contribution in [2.24, 2.45) is 0 Å². The lowest BCUT2D eigenvalue weighted by molar-refractivity contribution is -0.120. The minimum atomic E-state index is -0.534. The molecule has 0 bridgehead atoms. The van der Waals surface area contributed by atoms with Crippen LogP contribution in [0, 0.1) is 0 Å². The van der Waals surface area contributed by atoms with Crippen LogP contribution in [0.25, 0.3) is 0 Å². The van der Waals surface area contributed by atoms with Gasteiger partial charge in [0.2, 0.25) is 5.91 Å². The molecule has 1 heterocycles. The highest BCUT2D eigenvalue weighted by molar-refractivity contribution is 7.80. The Balaban J connectivity index is 1.64. The Labute approximate surface area is 159 Å². The predicted octanol–water partition coefficient (Wildman–Crippen LogP) is 3.13. The van der Waals surface area contributed by atoms with E-state index >= 15 is 0 Å². The van der Waals surface area contributed by atoms with Crippen LogP contribution in [0.1, 0.15) is 15.9 Å². The van der Waals surface area contributed by atoms with Gasteiger partial charge in [0.05, 0.1) is 15.6 Å². The molecule has 0 aromatic heterocycles. The third-order valence-corrected chi connectivity index (χ3v) is 4.55. The third-order valence-electron chi connectivity index (χ3n) is 3.59. The second-order valence-corrected chi connectivity index (χ2v) is 6.60. The Morgan fingerprint density at radius 2 is 1.84 bits per heavy atom. The summed E-state index contributed by atoms with van der Waals surface area (Å²) in [7, 11) is 0. The lowest BCUT2D eigenvalue weighted by atomic mass is 10.1. The topological polar surface area (TPSA) is 67.4 Å². The first-order valence-corrected chi connectivity index (χ1v) is 8.46. The number of esters is 1. The van der Waals surface area contributed by atoms with Crippen LogP contribution in [0.5, 0.6) is 5.75 Å². The number of amides is 1. The maximum atomic E-state index is 12.1. The largest absolute Gasteiger partial charge is 0.423 e. The second-order valence-electron chi connectivity index (χ2n) is 5.38. The number of hydrogen-bond donors (Lipinski definition) is 2. The standard InChI is InChI=1S/C17H12Cl2N2O3S/c18-12-6-3-10(8-13(12)19)16(23)24-11-4-1-9(2-5-11)7-14-15(22)21-17(25)20-14/h1-6,8,14H,7H2,(H2,20,21,22,25). The molecule has 8 heteroatoms. The Bertz CT molecular complexity index is 855. The van der Waals surface area contributed by atoms with E-state index in [4.69, 9.17) is 40.2 Å².